The van der Waals surface area contributed by atoms with Crippen LogP contribution in [0.5, 0.6) is 11.5 Å². The van der Waals surface area contributed by atoms with E-state index in [1.54, 1.807) is 18.2 Å². The maximum Gasteiger partial charge on any atom is 0.223 e. The molecule has 0 saturated heterocycles. The van der Waals surface area contributed by atoms with Crippen molar-refractivity contribution < 1.29 is 17.9 Å². The first-order valence-corrected chi connectivity index (χ1v) is 14.4. The summed E-state index contributed by atoms with van der Waals surface area (Å²) in [5.74, 6) is 0.749. The minimum Gasteiger partial charge on any atom is -0.487 e. The molecule has 0 atom stereocenters. The zero-order valence-corrected chi connectivity index (χ0v) is 24.0. The zero-order chi connectivity index (χ0) is 27.4. The molecule has 0 spiro atoms. The number of ether oxygens (including phenoxy) is 2. The Bertz CT molecular complexity index is 1420. The molecule has 0 unspecified atom stereocenters. The molecule has 0 fully saturated rings. The highest BCUT2D eigenvalue weighted by molar-refractivity contribution is 7.89. The van der Waals surface area contributed by atoms with Crippen LogP contribution in [-0.2, 0) is 27.6 Å². The lowest BCUT2D eigenvalue weighted by atomic mass is 9.77. The fourth-order valence-electron chi connectivity index (χ4n) is 3.46. The fraction of sp³-hybridized carbons (Fsp3) is 0.320. The van der Waals surface area contributed by atoms with Crippen molar-refractivity contribution in [1.82, 2.24) is 9.97 Å². The Balaban J connectivity index is 1.76. The van der Waals surface area contributed by atoms with Crippen LogP contribution in [0.15, 0.2) is 48.7 Å². The van der Waals surface area contributed by atoms with Crippen molar-refractivity contribution in [3.63, 3.8) is 0 Å². The number of hydrogen-bond acceptors (Lipinski definition) is 7. The Morgan fingerprint density at radius 3 is 2.30 bits per heavy atom. The van der Waals surface area contributed by atoms with Gasteiger partial charge in [0.1, 0.15) is 36.6 Å². The Kier molecular flexibility index (Phi) is 9.20. The van der Waals surface area contributed by atoms with Gasteiger partial charge < -0.3 is 9.47 Å². The lowest BCUT2D eigenvalue weighted by Gasteiger charge is -2.27. The van der Waals surface area contributed by atoms with Gasteiger partial charge >= 0.3 is 0 Å². The van der Waals surface area contributed by atoms with E-state index in [9.17, 15) is 13.7 Å². The Labute approximate surface area is 236 Å². The second-order valence-corrected chi connectivity index (χ2v) is 13.9. The van der Waals surface area contributed by atoms with Gasteiger partial charge in [-0.15, -0.1) is 0 Å². The normalized spacial score (nSPS) is 12.2. The van der Waals surface area contributed by atoms with Crippen molar-refractivity contribution in [3.8, 4) is 17.6 Å². The summed E-state index contributed by atoms with van der Waals surface area (Å²) in [6, 6.07) is 14.7. The zero-order valence-electron chi connectivity index (χ0n) is 20.1. The highest BCUT2D eigenvalue weighted by atomic mass is 35.6. The average molecular weight is 603 g/mol. The predicted octanol–water partition coefficient (Wildman–Crippen LogP) is 6.20. The van der Waals surface area contributed by atoms with Gasteiger partial charge in [-0.2, -0.15) is 5.26 Å². The number of nitrogens with zero attached hydrogens (tertiary/aromatic N) is 3. The van der Waals surface area contributed by atoms with Crippen LogP contribution < -0.4 is 9.47 Å². The molecule has 0 aliphatic heterocycles. The van der Waals surface area contributed by atoms with E-state index in [0.717, 1.165) is 17.4 Å². The van der Waals surface area contributed by atoms with Crippen molar-refractivity contribution in [2.24, 2.45) is 0 Å². The van der Waals surface area contributed by atoms with Crippen molar-refractivity contribution >= 4 is 56.2 Å². The van der Waals surface area contributed by atoms with Gasteiger partial charge in [0, 0.05) is 17.9 Å². The standard InChI is InChI=1S/C25H23Cl4N3O4S/c1-24(2,18-10-16(12-30)23(21(26)11-18)36-15-25(27,28)29)17-4-6-20(7-5-17)35-13-19-8-9-31-22(32-19)14-37(3,33)34/h4-11H,13-15H2,1-3H3. The number of rotatable bonds is 9. The second kappa shape index (κ2) is 11.6. The molecule has 0 amide bonds. The molecule has 1 heterocycles. The Morgan fingerprint density at radius 2 is 1.70 bits per heavy atom. The minimum absolute atomic E-state index is 0.152. The van der Waals surface area contributed by atoms with Crippen LogP contribution >= 0.6 is 46.4 Å². The van der Waals surface area contributed by atoms with Gasteiger partial charge in [-0.1, -0.05) is 72.4 Å². The van der Waals surface area contributed by atoms with E-state index in [1.807, 2.05) is 38.1 Å². The average Bonchev–Trinajstić information content (AvgIpc) is 2.80. The first-order valence-electron chi connectivity index (χ1n) is 10.8. The molecule has 0 bridgehead atoms. The lowest BCUT2D eigenvalue weighted by Crippen LogP contribution is -2.20. The molecule has 0 radical (unpaired) electrons. The van der Waals surface area contributed by atoms with E-state index < -0.39 is 19.0 Å². The molecule has 37 heavy (non-hydrogen) atoms. The van der Waals surface area contributed by atoms with Crippen LogP contribution in [0.25, 0.3) is 0 Å². The third kappa shape index (κ3) is 8.36. The number of halogens is 4. The highest BCUT2D eigenvalue weighted by Crippen LogP contribution is 2.39. The maximum atomic E-state index is 11.5. The number of benzene rings is 2. The van der Waals surface area contributed by atoms with Crippen LogP contribution in [0.1, 0.15) is 42.1 Å². The second-order valence-electron chi connectivity index (χ2n) is 8.82. The SMILES string of the molecule is CC(C)(c1ccc(OCc2ccnc(CS(C)(=O)=O)n2)cc1)c1cc(Cl)c(OCC(Cl)(Cl)Cl)c(C#N)c1. The molecule has 7 nitrogen and oxygen atoms in total. The van der Waals surface area contributed by atoms with Crippen LogP contribution in [0.3, 0.4) is 0 Å². The van der Waals surface area contributed by atoms with Gasteiger partial charge in [0.05, 0.1) is 16.3 Å². The van der Waals surface area contributed by atoms with E-state index in [0.29, 0.717) is 11.4 Å². The summed E-state index contributed by atoms with van der Waals surface area (Å²) in [4.78, 5) is 8.23. The van der Waals surface area contributed by atoms with Gasteiger partial charge in [0.2, 0.25) is 3.79 Å². The molecule has 1 aromatic heterocycles. The molecule has 2 aromatic carbocycles. The highest BCUT2D eigenvalue weighted by Gasteiger charge is 2.27. The van der Waals surface area contributed by atoms with E-state index in [1.165, 1.54) is 6.20 Å². The van der Waals surface area contributed by atoms with E-state index in [-0.39, 0.29) is 41.1 Å². The summed E-state index contributed by atoms with van der Waals surface area (Å²) in [5, 5.41) is 9.88. The summed E-state index contributed by atoms with van der Waals surface area (Å²) in [6.45, 7) is 3.90. The molecule has 3 aromatic rings. The smallest absolute Gasteiger partial charge is 0.223 e. The monoisotopic (exact) mass is 601 g/mol. The molecule has 0 aliphatic rings. The molecular weight excluding hydrogens is 580 g/mol. The molecule has 12 heteroatoms. The van der Waals surface area contributed by atoms with Gasteiger partial charge in [0.25, 0.3) is 0 Å². The van der Waals surface area contributed by atoms with Crippen molar-refractivity contribution in [2.45, 2.75) is 35.4 Å². The number of alkyl halides is 3. The minimum atomic E-state index is -3.24. The molecular formula is C25H23Cl4N3O4S. The van der Waals surface area contributed by atoms with E-state index in [2.05, 4.69) is 16.0 Å². The number of aromatic nitrogens is 2. The summed E-state index contributed by atoms with van der Waals surface area (Å²) >= 11 is 23.7. The van der Waals surface area contributed by atoms with Gasteiger partial charge in [-0.25, -0.2) is 18.4 Å². The molecule has 0 N–H and O–H groups in total. The van der Waals surface area contributed by atoms with Crippen LogP contribution in [-0.4, -0.2) is 35.0 Å². The van der Waals surface area contributed by atoms with E-state index >= 15 is 0 Å². The van der Waals surface area contributed by atoms with Crippen molar-refractivity contribution in [2.75, 3.05) is 12.9 Å². The summed E-state index contributed by atoms with van der Waals surface area (Å²) in [6.07, 6.45) is 2.64. The van der Waals surface area contributed by atoms with Crippen molar-refractivity contribution in [3.05, 3.63) is 81.9 Å². The van der Waals surface area contributed by atoms with Crippen LogP contribution in [0.4, 0.5) is 0 Å². The third-order valence-electron chi connectivity index (χ3n) is 5.38. The summed E-state index contributed by atoms with van der Waals surface area (Å²) in [5.41, 5.74) is 2.02. The van der Waals surface area contributed by atoms with E-state index in [4.69, 9.17) is 55.9 Å². The van der Waals surface area contributed by atoms with Crippen molar-refractivity contribution in [1.29, 1.82) is 5.26 Å². The number of sulfone groups is 1. The first-order chi connectivity index (χ1) is 17.2. The van der Waals surface area contributed by atoms with Gasteiger partial charge in [0.15, 0.2) is 15.6 Å². The topological polar surface area (TPSA) is 102 Å². The molecule has 3 rings (SSSR count). The quantitative estimate of drug-likeness (QED) is 0.269. The Hall–Kier alpha value is -2.28. The molecule has 0 saturated carbocycles. The lowest BCUT2D eigenvalue weighted by molar-refractivity contribution is 0.300. The largest absolute Gasteiger partial charge is 0.487 e. The van der Waals surface area contributed by atoms with Crippen LogP contribution in [0, 0.1) is 11.3 Å². The van der Waals surface area contributed by atoms with Crippen LogP contribution in [0.2, 0.25) is 5.02 Å². The third-order valence-corrected chi connectivity index (χ3v) is 6.77. The molecule has 0 aliphatic carbocycles. The maximum absolute atomic E-state index is 11.5. The van der Waals surface area contributed by atoms with Gasteiger partial charge in [-0.3, -0.25) is 0 Å². The number of hydrogen-bond donors (Lipinski definition) is 0. The molecule has 196 valence electrons. The fourth-order valence-corrected chi connectivity index (χ4v) is 4.50. The summed E-state index contributed by atoms with van der Waals surface area (Å²) < 4.78 is 32.7. The predicted molar refractivity (Wildman–Crippen MR) is 145 cm³/mol. The number of nitriles is 1. The van der Waals surface area contributed by atoms with Gasteiger partial charge in [-0.05, 0) is 41.5 Å². The summed E-state index contributed by atoms with van der Waals surface area (Å²) in [7, 11) is -3.24. The Morgan fingerprint density at radius 1 is 1.03 bits per heavy atom. The first kappa shape index (κ1) is 29.3.